The molecule has 0 aliphatic carbocycles. The van der Waals surface area contributed by atoms with Gasteiger partial charge in [0.25, 0.3) is 0 Å². The Labute approximate surface area is 112 Å². The average Bonchev–Trinajstić information content (AvgIpc) is 2.64. The SMILES string of the molecule is O=C(O)CCN1CCN(CCO)[C@@H]2CS(=O)(=O)C[C@@H]21. The lowest BCUT2D eigenvalue weighted by molar-refractivity contribution is -0.137. The van der Waals surface area contributed by atoms with Gasteiger partial charge in [-0.25, -0.2) is 8.42 Å². The van der Waals surface area contributed by atoms with Crippen molar-refractivity contribution < 1.29 is 23.4 Å². The highest BCUT2D eigenvalue weighted by atomic mass is 32.2. The topological polar surface area (TPSA) is 98.2 Å². The van der Waals surface area contributed by atoms with E-state index in [0.29, 0.717) is 26.2 Å². The number of hydrogen-bond donors (Lipinski definition) is 2. The van der Waals surface area contributed by atoms with Crippen molar-refractivity contribution in [2.75, 3.05) is 44.3 Å². The van der Waals surface area contributed by atoms with Crippen LogP contribution in [-0.4, -0.2) is 90.8 Å². The Balaban J connectivity index is 2.08. The first-order valence-electron chi connectivity index (χ1n) is 6.44. The molecule has 2 saturated heterocycles. The third kappa shape index (κ3) is 3.44. The maximum atomic E-state index is 11.8. The maximum absolute atomic E-state index is 11.8. The van der Waals surface area contributed by atoms with Crippen molar-refractivity contribution in [3.8, 4) is 0 Å². The molecule has 2 atom stereocenters. The molecule has 2 aliphatic rings. The Kier molecular flexibility index (Phi) is 4.44. The molecule has 0 aromatic rings. The van der Waals surface area contributed by atoms with E-state index in [1.807, 2.05) is 9.80 Å². The van der Waals surface area contributed by atoms with Crippen LogP contribution in [0.1, 0.15) is 6.42 Å². The van der Waals surface area contributed by atoms with Crippen LogP contribution < -0.4 is 0 Å². The van der Waals surface area contributed by atoms with Gasteiger partial charge in [-0.2, -0.15) is 0 Å². The third-order valence-corrected chi connectivity index (χ3v) is 5.60. The fraction of sp³-hybridized carbons (Fsp3) is 0.909. The monoisotopic (exact) mass is 292 g/mol. The third-order valence-electron chi connectivity index (χ3n) is 3.91. The molecular weight excluding hydrogens is 272 g/mol. The van der Waals surface area contributed by atoms with E-state index in [2.05, 4.69) is 0 Å². The van der Waals surface area contributed by atoms with Crippen LogP contribution in [0.5, 0.6) is 0 Å². The molecule has 0 spiro atoms. The maximum Gasteiger partial charge on any atom is 0.304 e. The van der Waals surface area contributed by atoms with E-state index < -0.39 is 15.8 Å². The molecule has 2 rings (SSSR count). The van der Waals surface area contributed by atoms with Gasteiger partial charge in [0.05, 0.1) is 24.5 Å². The first-order chi connectivity index (χ1) is 8.93. The number of hydrogen-bond acceptors (Lipinski definition) is 6. The van der Waals surface area contributed by atoms with Gasteiger partial charge in [0.1, 0.15) is 0 Å². The zero-order valence-corrected chi connectivity index (χ0v) is 11.5. The van der Waals surface area contributed by atoms with Gasteiger partial charge in [0.2, 0.25) is 0 Å². The van der Waals surface area contributed by atoms with Crippen LogP contribution in [0.2, 0.25) is 0 Å². The van der Waals surface area contributed by atoms with Crippen molar-refractivity contribution in [1.82, 2.24) is 9.80 Å². The predicted octanol–water partition coefficient (Wildman–Crippen LogP) is -1.76. The van der Waals surface area contributed by atoms with Gasteiger partial charge in [0, 0.05) is 38.3 Å². The molecule has 7 nitrogen and oxygen atoms in total. The number of nitrogens with zero attached hydrogens (tertiary/aromatic N) is 2. The molecular formula is C11H20N2O5S. The summed E-state index contributed by atoms with van der Waals surface area (Å²) in [5.41, 5.74) is 0. The number of aliphatic hydroxyl groups excluding tert-OH is 1. The Morgan fingerprint density at radius 2 is 1.63 bits per heavy atom. The Morgan fingerprint density at radius 3 is 2.11 bits per heavy atom. The van der Waals surface area contributed by atoms with Gasteiger partial charge in [-0.15, -0.1) is 0 Å². The van der Waals surface area contributed by atoms with Crippen LogP contribution in [0.15, 0.2) is 0 Å². The van der Waals surface area contributed by atoms with Crippen molar-refractivity contribution in [2.45, 2.75) is 18.5 Å². The minimum atomic E-state index is -3.06. The molecule has 0 bridgehead atoms. The first kappa shape index (κ1) is 14.7. The number of carbonyl (C=O) groups is 1. The number of carboxylic acid groups (broad SMARTS) is 1. The van der Waals surface area contributed by atoms with Crippen molar-refractivity contribution in [3.05, 3.63) is 0 Å². The molecule has 2 aliphatic heterocycles. The summed E-state index contributed by atoms with van der Waals surface area (Å²) in [6.07, 6.45) is 0.0310. The predicted molar refractivity (Wildman–Crippen MR) is 68.7 cm³/mol. The van der Waals surface area contributed by atoms with Gasteiger partial charge in [-0.1, -0.05) is 0 Å². The zero-order valence-electron chi connectivity index (χ0n) is 10.7. The van der Waals surface area contributed by atoms with E-state index >= 15 is 0 Å². The molecule has 0 amide bonds. The van der Waals surface area contributed by atoms with Crippen LogP contribution in [-0.2, 0) is 14.6 Å². The number of aliphatic carboxylic acids is 1. The molecule has 2 N–H and O–H groups in total. The largest absolute Gasteiger partial charge is 0.481 e. The zero-order chi connectivity index (χ0) is 14.0. The van der Waals surface area contributed by atoms with Gasteiger partial charge in [-0.3, -0.25) is 14.6 Å². The highest BCUT2D eigenvalue weighted by molar-refractivity contribution is 7.91. The standard InChI is InChI=1S/C11H20N2O5S/c14-6-5-13-4-3-12(2-1-11(15)16)9-7-19(17,18)8-10(9)13/h9-10,14H,1-8H2,(H,15,16)/t9-,10+/m0/s1. The van der Waals surface area contributed by atoms with Crippen LogP contribution >= 0.6 is 0 Å². The number of fused-ring (bicyclic) bond motifs is 1. The van der Waals surface area contributed by atoms with E-state index in [1.165, 1.54) is 0 Å². The Bertz CT molecular complexity index is 438. The second-order valence-corrected chi connectivity index (χ2v) is 7.30. The second-order valence-electron chi connectivity index (χ2n) is 5.15. The summed E-state index contributed by atoms with van der Waals surface area (Å²) in [7, 11) is -3.06. The summed E-state index contributed by atoms with van der Waals surface area (Å²) in [5.74, 6) is -0.657. The number of rotatable bonds is 5. The van der Waals surface area contributed by atoms with E-state index in [0.717, 1.165) is 0 Å². The number of aliphatic hydroxyl groups is 1. The summed E-state index contributed by atoms with van der Waals surface area (Å²) < 4.78 is 23.6. The molecule has 2 heterocycles. The molecule has 8 heteroatoms. The van der Waals surface area contributed by atoms with Crippen molar-refractivity contribution in [2.24, 2.45) is 0 Å². The van der Waals surface area contributed by atoms with Crippen LogP contribution in [0.3, 0.4) is 0 Å². The van der Waals surface area contributed by atoms with Gasteiger partial charge >= 0.3 is 5.97 Å². The van der Waals surface area contributed by atoms with Crippen molar-refractivity contribution >= 4 is 15.8 Å². The normalized spacial score (nSPS) is 31.2. The lowest BCUT2D eigenvalue weighted by Crippen LogP contribution is -2.59. The average molecular weight is 292 g/mol. The molecule has 0 saturated carbocycles. The second kappa shape index (κ2) is 5.74. The first-order valence-corrected chi connectivity index (χ1v) is 8.26. The van der Waals surface area contributed by atoms with Crippen molar-refractivity contribution in [3.63, 3.8) is 0 Å². The number of sulfone groups is 1. The molecule has 0 aromatic heterocycles. The number of β-amino-alcohol motifs (C(OH)–C–C–N with tert-alkyl or cyclic N) is 1. The Hall–Kier alpha value is -0.700. The lowest BCUT2D eigenvalue weighted by Gasteiger charge is -2.43. The summed E-state index contributed by atoms with van der Waals surface area (Å²) in [6, 6.07) is -0.246. The van der Waals surface area contributed by atoms with Crippen LogP contribution in [0.25, 0.3) is 0 Å². The summed E-state index contributed by atoms with van der Waals surface area (Å²) >= 11 is 0. The van der Waals surface area contributed by atoms with Crippen LogP contribution in [0.4, 0.5) is 0 Å². The lowest BCUT2D eigenvalue weighted by atomic mass is 10.0. The van der Waals surface area contributed by atoms with E-state index in [1.54, 1.807) is 0 Å². The van der Waals surface area contributed by atoms with Gasteiger partial charge in [-0.05, 0) is 0 Å². The molecule has 2 fully saturated rings. The highest BCUT2D eigenvalue weighted by Gasteiger charge is 2.46. The van der Waals surface area contributed by atoms with Gasteiger partial charge < -0.3 is 10.2 Å². The fourth-order valence-corrected chi connectivity index (χ4v) is 5.06. The van der Waals surface area contributed by atoms with Crippen molar-refractivity contribution in [1.29, 1.82) is 0 Å². The molecule has 110 valence electrons. The van der Waals surface area contributed by atoms with E-state index in [9.17, 15) is 13.2 Å². The van der Waals surface area contributed by atoms with E-state index in [-0.39, 0.29) is 36.6 Å². The summed E-state index contributed by atoms with van der Waals surface area (Å²) in [4.78, 5) is 14.6. The molecule has 0 aromatic carbocycles. The van der Waals surface area contributed by atoms with Crippen LogP contribution in [0, 0.1) is 0 Å². The summed E-state index contributed by atoms with van der Waals surface area (Å²) in [5, 5.41) is 17.8. The highest BCUT2D eigenvalue weighted by Crippen LogP contribution is 2.26. The summed E-state index contributed by atoms with van der Waals surface area (Å²) in [6.45, 7) is 2.21. The molecule has 0 unspecified atom stereocenters. The number of carboxylic acids is 1. The number of piperazine rings is 1. The quantitative estimate of drug-likeness (QED) is 0.619. The smallest absolute Gasteiger partial charge is 0.304 e. The fourth-order valence-electron chi connectivity index (χ4n) is 3.02. The minimum absolute atomic E-state index is 0.0123. The molecule has 0 radical (unpaired) electrons. The minimum Gasteiger partial charge on any atom is -0.481 e. The molecule has 19 heavy (non-hydrogen) atoms. The van der Waals surface area contributed by atoms with E-state index in [4.69, 9.17) is 10.2 Å². The van der Waals surface area contributed by atoms with Gasteiger partial charge in [0.15, 0.2) is 9.84 Å². The Morgan fingerprint density at radius 1 is 1.11 bits per heavy atom.